The summed E-state index contributed by atoms with van der Waals surface area (Å²) in [5.41, 5.74) is 3.48. The highest BCUT2D eigenvalue weighted by Gasteiger charge is 2.21. The fourth-order valence-electron chi connectivity index (χ4n) is 2.62. The van der Waals surface area contributed by atoms with Crippen LogP contribution in [0.3, 0.4) is 0 Å². The molecule has 1 aromatic carbocycles. The molecule has 4 nitrogen and oxygen atoms in total. The summed E-state index contributed by atoms with van der Waals surface area (Å²) in [4.78, 5) is 18.2. The van der Waals surface area contributed by atoms with Crippen molar-refractivity contribution in [1.29, 1.82) is 0 Å². The largest absolute Gasteiger partial charge is 0.524 e. The third-order valence-corrected chi connectivity index (χ3v) is 3.94. The molecule has 0 aromatic heterocycles. The summed E-state index contributed by atoms with van der Waals surface area (Å²) in [5.74, 6) is 0.342. The SMILES string of the molecule is CCCCc1ccc(OP(=O)(O)O)c(CCC)c1CCC. The molecule has 0 aliphatic rings. The second kappa shape index (κ2) is 8.57. The lowest BCUT2D eigenvalue weighted by Gasteiger charge is -2.19. The Balaban J connectivity index is 3.26. The van der Waals surface area contributed by atoms with Crippen molar-refractivity contribution in [2.24, 2.45) is 0 Å². The first-order chi connectivity index (χ1) is 9.92. The number of phosphoric ester groups is 1. The molecule has 0 heterocycles. The van der Waals surface area contributed by atoms with Crippen LogP contribution in [0.1, 0.15) is 63.1 Å². The molecule has 21 heavy (non-hydrogen) atoms. The summed E-state index contributed by atoms with van der Waals surface area (Å²) in [7, 11) is -4.51. The summed E-state index contributed by atoms with van der Waals surface area (Å²) < 4.78 is 16.1. The van der Waals surface area contributed by atoms with E-state index in [1.54, 1.807) is 6.07 Å². The quantitative estimate of drug-likeness (QED) is 0.663. The van der Waals surface area contributed by atoms with E-state index in [0.717, 1.165) is 50.5 Å². The number of rotatable bonds is 9. The molecular weight excluding hydrogens is 287 g/mol. The number of phosphoric acid groups is 1. The molecule has 0 amide bonds. The molecule has 0 unspecified atom stereocenters. The van der Waals surface area contributed by atoms with Crippen LogP contribution in [-0.2, 0) is 23.8 Å². The summed E-state index contributed by atoms with van der Waals surface area (Å²) in [6, 6.07) is 3.68. The number of hydrogen-bond donors (Lipinski definition) is 2. The van der Waals surface area contributed by atoms with E-state index in [0.29, 0.717) is 5.75 Å². The molecule has 0 radical (unpaired) electrons. The summed E-state index contributed by atoms with van der Waals surface area (Å²) >= 11 is 0. The van der Waals surface area contributed by atoms with Gasteiger partial charge in [-0.3, -0.25) is 9.79 Å². The standard InChI is InChI=1S/C16H27O4P/c1-4-7-10-13-11-12-16(20-21(17,18)19)15(9-6-3)14(13)8-5-2/h11-12H,4-10H2,1-3H3,(H2,17,18,19). The van der Waals surface area contributed by atoms with Gasteiger partial charge in [0.25, 0.3) is 0 Å². The molecule has 1 aromatic rings. The van der Waals surface area contributed by atoms with Crippen molar-refractivity contribution in [1.82, 2.24) is 0 Å². The van der Waals surface area contributed by atoms with Gasteiger partial charge >= 0.3 is 7.82 Å². The van der Waals surface area contributed by atoms with Crippen molar-refractivity contribution in [2.75, 3.05) is 0 Å². The topological polar surface area (TPSA) is 66.8 Å². The molecule has 0 spiro atoms. The van der Waals surface area contributed by atoms with E-state index < -0.39 is 7.82 Å². The van der Waals surface area contributed by atoms with Crippen LogP contribution < -0.4 is 4.52 Å². The Hall–Kier alpha value is -0.830. The molecule has 120 valence electrons. The van der Waals surface area contributed by atoms with Crippen molar-refractivity contribution >= 4 is 7.82 Å². The van der Waals surface area contributed by atoms with Gasteiger partial charge in [-0.25, -0.2) is 4.57 Å². The molecule has 2 N–H and O–H groups in total. The monoisotopic (exact) mass is 314 g/mol. The van der Waals surface area contributed by atoms with Gasteiger partial charge in [0.15, 0.2) is 0 Å². The van der Waals surface area contributed by atoms with Crippen LogP contribution in [0.4, 0.5) is 0 Å². The van der Waals surface area contributed by atoms with Gasteiger partial charge in [-0.2, -0.15) is 0 Å². The highest BCUT2D eigenvalue weighted by molar-refractivity contribution is 7.46. The Bertz CT molecular complexity index is 493. The second-order valence-electron chi connectivity index (χ2n) is 5.37. The van der Waals surface area contributed by atoms with Crippen molar-refractivity contribution in [3.63, 3.8) is 0 Å². The van der Waals surface area contributed by atoms with Crippen LogP contribution in [0.5, 0.6) is 5.75 Å². The normalized spacial score (nSPS) is 11.7. The molecule has 0 saturated carbocycles. The Morgan fingerprint density at radius 2 is 1.57 bits per heavy atom. The Morgan fingerprint density at radius 1 is 0.952 bits per heavy atom. The maximum absolute atomic E-state index is 11.2. The predicted octanol–water partition coefficient (Wildman–Crippen LogP) is 4.41. The molecular formula is C16H27O4P. The van der Waals surface area contributed by atoms with E-state index in [1.807, 2.05) is 6.07 Å². The van der Waals surface area contributed by atoms with Crippen LogP contribution in [-0.4, -0.2) is 9.79 Å². The molecule has 0 bridgehead atoms. The first-order valence-corrected chi connectivity index (χ1v) is 9.34. The van der Waals surface area contributed by atoms with Crippen LogP contribution in [0.15, 0.2) is 12.1 Å². The molecule has 0 aliphatic heterocycles. The highest BCUT2D eigenvalue weighted by Crippen LogP contribution is 2.41. The maximum atomic E-state index is 11.2. The minimum atomic E-state index is -4.51. The average molecular weight is 314 g/mol. The third-order valence-electron chi connectivity index (χ3n) is 3.50. The molecule has 0 fully saturated rings. The van der Waals surface area contributed by atoms with Crippen molar-refractivity contribution in [3.05, 3.63) is 28.8 Å². The number of aryl methyl sites for hydroxylation is 1. The van der Waals surface area contributed by atoms with Gasteiger partial charge in [0.05, 0.1) is 0 Å². The van der Waals surface area contributed by atoms with Gasteiger partial charge in [0, 0.05) is 0 Å². The predicted molar refractivity (Wildman–Crippen MR) is 85.7 cm³/mol. The first-order valence-electron chi connectivity index (χ1n) is 7.81. The van der Waals surface area contributed by atoms with Crippen LogP contribution in [0.25, 0.3) is 0 Å². The molecule has 0 aliphatic carbocycles. The van der Waals surface area contributed by atoms with Gasteiger partial charge in [-0.05, 0) is 48.4 Å². The molecule has 0 atom stereocenters. The number of benzene rings is 1. The smallest absolute Gasteiger partial charge is 0.404 e. The average Bonchev–Trinajstić information content (AvgIpc) is 2.40. The lowest BCUT2D eigenvalue weighted by molar-refractivity contribution is 0.282. The summed E-state index contributed by atoms with van der Waals surface area (Å²) in [6.07, 6.45) is 6.91. The first kappa shape index (κ1) is 18.2. The van der Waals surface area contributed by atoms with Crippen LogP contribution in [0, 0.1) is 0 Å². The summed E-state index contributed by atoms with van der Waals surface area (Å²) in [5, 5.41) is 0. The minimum Gasteiger partial charge on any atom is -0.404 e. The zero-order valence-electron chi connectivity index (χ0n) is 13.3. The molecule has 5 heteroatoms. The minimum absolute atomic E-state index is 0.342. The Morgan fingerprint density at radius 3 is 2.10 bits per heavy atom. The van der Waals surface area contributed by atoms with Gasteiger partial charge in [0.1, 0.15) is 5.75 Å². The van der Waals surface area contributed by atoms with Gasteiger partial charge in [-0.15, -0.1) is 0 Å². The Kier molecular flexibility index (Phi) is 7.44. The van der Waals surface area contributed by atoms with E-state index in [1.165, 1.54) is 11.1 Å². The fourth-order valence-corrected chi connectivity index (χ4v) is 3.05. The zero-order valence-corrected chi connectivity index (χ0v) is 14.2. The van der Waals surface area contributed by atoms with Crippen LogP contribution in [0.2, 0.25) is 0 Å². The Labute approximate surface area is 127 Å². The number of hydrogen-bond acceptors (Lipinski definition) is 2. The fraction of sp³-hybridized carbons (Fsp3) is 0.625. The van der Waals surface area contributed by atoms with E-state index in [4.69, 9.17) is 14.3 Å². The molecule has 0 saturated heterocycles. The lowest BCUT2D eigenvalue weighted by atomic mass is 9.91. The zero-order chi connectivity index (χ0) is 15.9. The van der Waals surface area contributed by atoms with E-state index in [-0.39, 0.29) is 0 Å². The second-order valence-corrected chi connectivity index (χ2v) is 6.53. The highest BCUT2D eigenvalue weighted by atomic mass is 31.2. The van der Waals surface area contributed by atoms with E-state index in [2.05, 4.69) is 20.8 Å². The van der Waals surface area contributed by atoms with E-state index >= 15 is 0 Å². The van der Waals surface area contributed by atoms with Crippen molar-refractivity contribution < 1.29 is 18.9 Å². The van der Waals surface area contributed by atoms with Gasteiger partial charge < -0.3 is 4.52 Å². The van der Waals surface area contributed by atoms with Crippen molar-refractivity contribution in [2.45, 2.75) is 65.7 Å². The third kappa shape index (κ3) is 5.82. The van der Waals surface area contributed by atoms with Crippen molar-refractivity contribution in [3.8, 4) is 5.75 Å². The maximum Gasteiger partial charge on any atom is 0.524 e. The van der Waals surface area contributed by atoms with Gasteiger partial charge in [0.2, 0.25) is 0 Å². The van der Waals surface area contributed by atoms with Gasteiger partial charge in [-0.1, -0.05) is 46.1 Å². The van der Waals surface area contributed by atoms with E-state index in [9.17, 15) is 4.57 Å². The summed E-state index contributed by atoms with van der Waals surface area (Å²) in [6.45, 7) is 6.35. The van der Waals surface area contributed by atoms with Crippen LogP contribution >= 0.6 is 7.82 Å². The lowest BCUT2D eigenvalue weighted by Crippen LogP contribution is -2.04. The molecule has 1 rings (SSSR count). The number of unbranched alkanes of at least 4 members (excludes halogenated alkanes) is 1.